The third-order valence-electron chi connectivity index (χ3n) is 13.9. The largest absolute Gasteiger partial charge is 0.311 e. The number of fused-ring (bicyclic) bond motifs is 8. The monoisotopic (exact) mass is 850 g/mol. The number of anilines is 6. The Hall–Kier alpha value is -8.80. The SMILES string of the molecule is c1ccc(-c2cc(-c3cc4c5c(c3)N(c3ccccc3)c3cc6cc7ccccc7cc6cc3B5c3cc5cc6ccccc6cc5cc3N4c3ccccc3)nc(-c3ccccc3)n2)cc1. The molecule has 0 radical (unpaired) electrons. The topological polar surface area (TPSA) is 32.3 Å². The third-order valence-corrected chi connectivity index (χ3v) is 13.9. The van der Waals surface area contributed by atoms with Gasteiger partial charge >= 0.3 is 0 Å². The average molecular weight is 851 g/mol. The molecule has 2 aliphatic heterocycles. The zero-order valence-corrected chi connectivity index (χ0v) is 36.4. The first-order valence-corrected chi connectivity index (χ1v) is 23.0. The van der Waals surface area contributed by atoms with E-state index in [0.29, 0.717) is 5.82 Å². The lowest BCUT2D eigenvalue weighted by Crippen LogP contribution is -2.61. The quantitative estimate of drug-likeness (QED) is 0.128. The number of para-hydroxylation sites is 2. The van der Waals surface area contributed by atoms with Gasteiger partial charge in [0.2, 0.25) is 0 Å². The van der Waals surface area contributed by atoms with Crippen molar-refractivity contribution in [3.05, 3.63) is 237 Å². The van der Waals surface area contributed by atoms with Gasteiger partial charge in [-0.2, -0.15) is 0 Å². The number of rotatable bonds is 5. The minimum Gasteiger partial charge on any atom is -0.311 e. The predicted molar refractivity (Wildman–Crippen MR) is 282 cm³/mol. The Labute approximate surface area is 388 Å². The maximum Gasteiger partial charge on any atom is 0.252 e. The highest BCUT2D eigenvalue weighted by Crippen LogP contribution is 2.47. The van der Waals surface area contributed by atoms with Crippen LogP contribution in [0, 0.1) is 0 Å². The van der Waals surface area contributed by atoms with Crippen molar-refractivity contribution < 1.29 is 0 Å². The van der Waals surface area contributed by atoms with Crippen LogP contribution in [0.3, 0.4) is 0 Å². The molecule has 2 aliphatic rings. The molecule has 5 heteroatoms. The summed E-state index contributed by atoms with van der Waals surface area (Å²) >= 11 is 0. The molecule has 0 fully saturated rings. The number of benzene rings is 11. The summed E-state index contributed by atoms with van der Waals surface area (Å²) in [7, 11) is 0. The second-order valence-electron chi connectivity index (χ2n) is 17.8. The van der Waals surface area contributed by atoms with Crippen molar-refractivity contribution in [3.8, 4) is 33.9 Å². The lowest BCUT2D eigenvalue weighted by atomic mass is 9.33. The molecule has 4 nitrogen and oxygen atoms in total. The highest BCUT2D eigenvalue weighted by molar-refractivity contribution is 7.00. The van der Waals surface area contributed by atoms with Crippen LogP contribution < -0.4 is 26.2 Å². The fourth-order valence-corrected chi connectivity index (χ4v) is 10.8. The molecule has 0 aliphatic carbocycles. The van der Waals surface area contributed by atoms with E-state index >= 15 is 0 Å². The Kier molecular flexibility index (Phi) is 8.34. The van der Waals surface area contributed by atoms with Gasteiger partial charge in [-0.1, -0.05) is 158 Å². The van der Waals surface area contributed by atoms with Crippen LogP contribution in [0.1, 0.15) is 0 Å². The standard InChI is InChI=1S/C62H39BN4/c1-5-17-40(18-6-1)55-39-56(65-62(64-55)41-19-7-2-8-20-41)50-37-59-61-60(38-50)67(52-27-11-4-12-28-52)58-36-49-32-45-24-16-14-22-43(45)30-47(49)34-54(58)63(61)53-33-46-29-42-21-13-15-23-44(42)31-48(46)35-57(53)66(59)51-25-9-3-10-26-51/h1-39H. The minimum absolute atomic E-state index is 0.0825. The van der Waals surface area contributed by atoms with Crippen molar-refractivity contribution in [1.82, 2.24) is 9.97 Å². The molecule has 0 spiro atoms. The molecule has 12 aromatic rings. The van der Waals surface area contributed by atoms with Gasteiger partial charge in [-0.05, 0) is 138 Å². The van der Waals surface area contributed by atoms with E-state index < -0.39 is 0 Å². The van der Waals surface area contributed by atoms with E-state index in [1.54, 1.807) is 0 Å². The van der Waals surface area contributed by atoms with Crippen molar-refractivity contribution in [2.24, 2.45) is 0 Å². The first-order chi connectivity index (χ1) is 33.2. The predicted octanol–water partition coefficient (Wildman–Crippen LogP) is 14.2. The Bertz CT molecular complexity index is 3680. The normalized spacial score (nSPS) is 12.7. The number of hydrogen-bond acceptors (Lipinski definition) is 4. The van der Waals surface area contributed by atoms with Crippen molar-refractivity contribution in [1.29, 1.82) is 0 Å². The molecule has 0 unspecified atom stereocenters. The van der Waals surface area contributed by atoms with E-state index in [2.05, 4.69) is 240 Å². The van der Waals surface area contributed by atoms with Crippen LogP contribution in [0.4, 0.5) is 34.1 Å². The van der Waals surface area contributed by atoms with E-state index in [1.165, 1.54) is 70.9 Å². The molecule has 0 atom stereocenters. The van der Waals surface area contributed by atoms with Gasteiger partial charge in [0.15, 0.2) is 5.82 Å². The summed E-state index contributed by atoms with van der Waals surface area (Å²) in [6.45, 7) is -0.0825. The van der Waals surface area contributed by atoms with Crippen LogP contribution >= 0.6 is 0 Å². The van der Waals surface area contributed by atoms with Gasteiger partial charge in [-0.15, -0.1) is 0 Å². The molecule has 67 heavy (non-hydrogen) atoms. The molecule has 0 bridgehead atoms. The van der Waals surface area contributed by atoms with Gasteiger partial charge in [-0.25, -0.2) is 9.97 Å². The fourth-order valence-electron chi connectivity index (χ4n) is 10.8. The second kappa shape index (κ2) is 14.9. The Morgan fingerprint density at radius 2 is 0.657 bits per heavy atom. The Morgan fingerprint density at radius 1 is 0.284 bits per heavy atom. The molecular weight excluding hydrogens is 812 g/mol. The van der Waals surface area contributed by atoms with Crippen molar-refractivity contribution in [2.75, 3.05) is 9.80 Å². The summed E-state index contributed by atoms with van der Waals surface area (Å²) in [6, 6.07) is 86.2. The highest BCUT2D eigenvalue weighted by atomic mass is 15.2. The van der Waals surface area contributed by atoms with E-state index in [0.717, 1.165) is 50.8 Å². The highest BCUT2D eigenvalue weighted by Gasteiger charge is 2.44. The second-order valence-corrected chi connectivity index (χ2v) is 17.8. The van der Waals surface area contributed by atoms with Gasteiger partial charge in [0.05, 0.1) is 11.4 Å². The summed E-state index contributed by atoms with van der Waals surface area (Å²) in [5, 5.41) is 9.82. The molecule has 14 rings (SSSR count). The maximum atomic E-state index is 5.44. The van der Waals surface area contributed by atoms with Crippen LogP contribution in [0.5, 0.6) is 0 Å². The van der Waals surface area contributed by atoms with Crippen molar-refractivity contribution in [2.45, 2.75) is 0 Å². The van der Waals surface area contributed by atoms with Crippen LogP contribution in [-0.2, 0) is 0 Å². The van der Waals surface area contributed by atoms with Crippen LogP contribution in [-0.4, -0.2) is 16.7 Å². The van der Waals surface area contributed by atoms with E-state index in [1.807, 2.05) is 6.07 Å². The van der Waals surface area contributed by atoms with Crippen molar-refractivity contribution >= 4 is 100 Å². The molecule has 310 valence electrons. The third kappa shape index (κ3) is 6.09. The number of hydrogen-bond donors (Lipinski definition) is 0. The summed E-state index contributed by atoms with van der Waals surface area (Å²) < 4.78 is 0. The van der Waals surface area contributed by atoms with E-state index in [4.69, 9.17) is 9.97 Å². The lowest BCUT2D eigenvalue weighted by molar-refractivity contribution is 1.18. The molecule has 11 aromatic carbocycles. The Balaban J connectivity index is 1.12. The van der Waals surface area contributed by atoms with Gasteiger partial charge in [-0.3, -0.25) is 0 Å². The van der Waals surface area contributed by atoms with Gasteiger partial charge < -0.3 is 9.80 Å². The zero-order valence-electron chi connectivity index (χ0n) is 36.4. The zero-order chi connectivity index (χ0) is 44.0. The molecule has 1 aromatic heterocycles. The minimum atomic E-state index is -0.0825. The Morgan fingerprint density at radius 3 is 1.10 bits per heavy atom. The van der Waals surface area contributed by atoms with Gasteiger partial charge in [0.1, 0.15) is 0 Å². The number of aromatic nitrogens is 2. The van der Waals surface area contributed by atoms with Crippen molar-refractivity contribution in [3.63, 3.8) is 0 Å². The first-order valence-electron chi connectivity index (χ1n) is 23.0. The van der Waals surface area contributed by atoms with Gasteiger partial charge in [0, 0.05) is 50.8 Å². The molecule has 0 saturated heterocycles. The van der Waals surface area contributed by atoms with E-state index in [-0.39, 0.29) is 6.71 Å². The average Bonchev–Trinajstić information content (AvgIpc) is 3.39. The van der Waals surface area contributed by atoms with Crippen LogP contribution in [0.15, 0.2) is 237 Å². The first kappa shape index (κ1) is 37.6. The molecule has 3 heterocycles. The summed E-state index contributed by atoms with van der Waals surface area (Å²) in [6.07, 6.45) is 0. The maximum absolute atomic E-state index is 5.44. The number of nitrogens with zero attached hydrogens (tertiary/aromatic N) is 4. The summed E-state index contributed by atoms with van der Waals surface area (Å²) in [4.78, 5) is 15.6. The van der Waals surface area contributed by atoms with Crippen LogP contribution in [0.2, 0.25) is 0 Å². The smallest absolute Gasteiger partial charge is 0.252 e. The van der Waals surface area contributed by atoms with Gasteiger partial charge in [0.25, 0.3) is 6.71 Å². The molecule has 0 amide bonds. The van der Waals surface area contributed by atoms with E-state index in [9.17, 15) is 0 Å². The molecule has 0 saturated carbocycles. The molecule has 0 N–H and O–H groups in total. The fraction of sp³-hybridized carbons (Fsp3) is 0. The summed E-state index contributed by atoms with van der Waals surface area (Å²) in [5.41, 5.74) is 15.4. The lowest BCUT2D eigenvalue weighted by Gasteiger charge is -2.44. The summed E-state index contributed by atoms with van der Waals surface area (Å²) in [5.74, 6) is 0.689. The van der Waals surface area contributed by atoms with Crippen LogP contribution in [0.25, 0.3) is 77.0 Å². The molecular formula is C62H39BN4.